The summed E-state index contributed by atoms with van der Waals surface area (Å²) in [5.41, 5.74) is 1.14. The molecule has 7 nitrogen and oxygen atoms in total. The zero-order valence-electron chi connectivity index (χ0n) is 14.9. The van der Waals surface area contributed by atoms with Crippen LogP contribution in [0.15, 0.2) is 30.5 Å². The Morgan fingerprint density at radius 3 is 2.92 bits per heavy atom. The standard InChI is InChI=1S/C18H20FN5O2/c1-4-26-16(25)8-11(2)21-17-15-10-20-24(18(15)23-12(3)22-17)14-7-5-6-13(19)9-14/h5-7,9-11H,4,8H2,1-3H3,(H,21,22,23). The van der Waals surface area contributed by atoms with E-state index in [1.165, 1.54) is 12.1 Å². The molecule has 0 bridgehead atoms. The summed E-state index contributed by atoms with van der Waals surface area (Å²) >= 11 is 0. The number of hydrogen-bond acceptors (Lipinski definition) is 6. The highest BCUT2D eigenvalue weighted by Gasteiger charge is 2.16. The van der Waals surface area contributed by atoms with Crippen LogP contribution in [0, 0.1) is 12.7 Å². The van der Waals surface area contributed by atoms with E-state index >= 15 is 0 Å². The van der Waals surface area contributed by atoms with Gasteiger partial charge in [0, 0.05) is 6.04 Å². The van der Waals surface area contributed by atoms with Gasteiger partial charge in [0.1, 0.15) is 17.5 Å². The van der Waals surface area contributed by atoms with Gasteiger partial charge in [0.05, 0.1) is 30.3 Å². The van der Waals surface area contributed by atoms with Gasteiger partial charge in [-0.05, 0) is 39.0 Å². The molecular weight excluding hydrogens is 337 g/mol. The molecule has 136 valence electrons. The normalized spacial score (nSPS) is 12.2. The van der Waals surface area contributed by atoms with Crippen molar-refractivity contribution in [3.8, 4) is 5.69 Å². The van der Waals surface area contributed by atoms with Crippen molar-refractivity contribution in [1.82, 2.24) is 19.7 Å². The third-order valence-electron chi connectivity index (χ3n) is 3.75. The van der Waals surface area contributed by atoms with Crippen molar-refractivity contribution in [2.45, 2.75) is 33.2 Å². The number of halogens is 1. The molecule has 26 heavy (non-hydrogen) atoms. The van der Waals surface area contributed by atoms with Gasteiger partial charge in [0.25, 0.3) is 0 Å². The summed E-state index contributed by atoms with van der Waals surface area (Å²) in [5, 5.41) is 8.22. The Balaban J connectivity index is 1.94. The quantitative estimate of drug-likeness (QED) is 0.683. The van der Waals surface area contributed by atoms with E-state index in [2.05, 4.69) is 20.4 Å². The van der Waals surface area contributed by atoms with Gasteiger partial charge < -0.3 is 10.1 Å². The van der Waals surface area contributed by atoms with Crippen LogP contribution in [-0.2, 0) is 9.53 Å². The average molecular weight is 357 g/mol. The van der Waals surface area contributed by atoms with E-state index in [1.807, 2.05) is 6.92 Å². The Bertz CT molecular complexity index is 940. The van der Waals surface area contributed by atoms with Crippen molar-refractivity contribution in [2.75, 3.05) is 11.9 Å². The second kappa shape index (κ2) is 7.47. The van der Waals surface area contributed by atoms with E-state index in [1.54, 1.807) is 36.9 Å². The highest BCUT2D eigenvalue weighted by molar-refractivity contribution is 5.87. The average Bonchev–Trinajstić information content (AvgIpc) is 2.98. The molecule has 0 spiro atoms. The van der Waals surface area contributed by atoms with Gasteiger partial charge in [-0.15, -0.1) is 0 Å². The minimum Gasteiger partial charge on any atom is -0.466 e. The third-order valence-corrected chi connectivity index (χ3v) is 3.75. The van der Waals surface area contributed by atoms with Crippen LogP contribution in [0.1, 0.15) is 26.1 Å². The van der Waals surface area contributed by atoms with Crippen molar-refractivity contribution in [2.24, 2.45) is 0 Å². The minimum atomic E-state index is -0.349. The number of carbonyl (C=O) groups is 1. The molecule has 1 N–H and O–H groups in total. The largest absolute Gasteiger partial charge is 0.466 e. The first-order chi connectivity index (χ1) is 12.5. The number of hydrogen-bond donors (Lipinski definition) is 1. The summed E-state index contributed by atoms with van der Waals surface area (Å²) in [6, 6.07) is 5.96. The fraction of sp³-hybridized carbons (Fsp3) is 0.333. The molecule has 1 atom stereocenters. The van der Waals surface area contributed by atoms with Gasteiger partial charge in [-0.1, -0.05) is 6.07 Å². The summed E-state index contributed by atoms with van der Waals surface area (Å²) in [5.74, 6) is 0.497. The summed E-state index contributed by atoms with van der Waals surface area (Å²) < 4.78 is 20.1. The molecule has 0 fully saturated rings. The second-order valence-electron chi connectivity index (χ2n) is 5.95. The van der Waals surface area contributed by atoms with Gasteiger partial charge in [0.2, 0.25) is 0 Å². The molecule has 0 aliphatic heterocycles. The van der Waals surface area contributed by atoms with E-state index in [4.69, 9.17) is 4.74 Å². The summed E-state index contributed by atoms with van der Waals surface area (Å²) in [7, 11) is 0. The monoisotopic (exact) mass is 357 g/mol. The minimum absolute atomic E-state index is 0.177. The lowest BCUT2D eigenvalue weighted by atomic mass is 10.2. The lowest BCUT2D eigenvalue weighted by molar-refractivity contribution is -0.143. The first-order valence-corrected chi connectivity index (χ1v) is 8.38. The number of nitrogens with zero attached hydrogens (tertiary/aromatic N) is 4. The van der Waals surface area contributed by atoms with E-state index < -0.39 is 0 Å². The number of carbonyl (C=O) groups excluding carboxylic acids is 1. The molecular formula is C18H20FN5O2. The van der Waals surface area contributed by atoms with Crippen LogP contribution in [0.5, 0.6) is 0 Å². The van der Waals surface area contributed by atoms with Crippen LogP contribution in [0.3, 0.4) is 0 Å². The highest BCUT2D eigenvalue weighted by atomic mass is 19.1. The molecule has 3 aromatic rings. The van der Waals surface area contributed by atoms with Crippen molar-refractivity contribution in [3.05, 3.63) is 42.1 Å². The number of rotatable bonds is 6. The van der Waals surface area contributed by atoms with Crippen molar-refractivity contribution < 1.29 is 13.9 Å². The molecule has 1 aromatic carbocycles. The molecule has 0 saturated heterocycles. The number of ether oxygens (including phenoxy) is 1. The van der Waals surface area contributed by atoms with Crippen molar-refractivity contribution in [1.29, 1.82) is 0 Å². The van der Waals surface area contributed by atoms with Gasteiger partial charge in [0.15, 0.2) is 5.65 Å². The van der Waals surface area contributed by atoms with Crippen LogP contribution in [0.4, 0.5) is 10.2 Å². The molecule has 0 amide bonds. The number of aryl methyl sites for hydroxylation is 1. The van der Waals surface area contributed by atoms with Gasteiger partial charge in [-0.3, -0.25) is 4.79 Å². The Morgan fingerprint density at radius 1 is 1.38 bits per heavy atom. The molecule has 0 radical (unpaired) electrons. The number of fused-ring (bicyclic) bond motifs is 1. The van der Waals surface area contributed by atoms with Crippen LogP contribution in [0.2, 0.25) is 0 Å². The SMILES string of the molecule is CCOC(=O)CC(C)Nc1nc(C)nc2c1cnn2-c1cccc(F)c1. The fourth-order valence-corrected chi connectivity index (χ4v) is 2.68. The zero-order chi connectivity index (χ0) is 18.7. The van der Waals surface area contributed by atoms with Crippen molar-refractivity contribution >= 4 is 22.8 Å². The molecule has 0 aliphatic rings. The smallest absolute Gasteiger partial charge is 0.307 e. The van der Waals surface area contributed by atoms with Crippen LogP contribution in [0.25, 0.3) is 16.7 Å². The lowest BCUT2D eigenvalue weighted by Crippen LogP contribution is -2.22. The van der Waals surface area contributed by atoms with E-state index in [-0.39, 0.29) is 24.2 Å². The third kappa shape index (κ3) is 3.79. The molecule has 1 unspecified atom stereocenters. The lowest BCUT2D eigenvalue weighted by Gasteiger charge is -2.14. The molecule has 2 heterocycles. The van der Waals surface area contributed by atoms with Gasteiger partial charge >= 0.3 is 5.97 Å². The predicted octanol–water partition coefficient (Wildman–Crippen LogP) is 3.02. The van der Waals surface area contributed by atoms with E-state index in [9.17, 15) is 9.18 Å². The highest BCUT2D eigenvalue weighted by Crippen LogP contribution is 2.24. The summed E-state index contributed by atoms with van der Waals surface area (Å²) in [4.78, 5) is 20.5. The van der Waals surface area contributed by atoms with Gasteiger partial charge in [-0.25, -0.2) is 19.0 Å². The Hall–Kier alpha value is -3.03. The first-order valence-electron chi connectivity index (χ1n) is 8.38. The summed E-state index contributed by atoms with van der Waals surface area (Å²) in [6.07, 6.45) is 1.84. The number of anilines is 1. The molecule has 3 rings (SSSR count). The molecule has 0 saturated carbocycles. The predicted molar refractivity (Wildman–Crippen MR) is 95.7 cm³/mol. The molecule has 8 heteroatoms. The first kappa shape index (κ1) is 17.8. The topological polar surface area (TPSA) is 81.9 Å². The molecule has 2 aromatic heterocycles. The maximum absolute atomic E-state index is 13.5. The maximum atomic E-state index is 13.5. The summed E-state index contributed by atoms with van der Waals surface area (Å²) in [6.45, 7) is 5.76. The van der Waals surface area contributed by atoms with Crippen LogP contribution >= 0.6 is 0 Å². The van der Waals surface area contributed by atoms with Crippen molar-refractivity contribution in [3.63, 3.8) is 0 Å². The Morgan fingerprint density at radius 2 is 2.19 bits per heavy atom. The van der Waals surface area contributed by atoms with Crippen LogP contribution in [-0.4, -0.2) is 38.4 Å². The number of nitrogens with one attached hydrogen (secondary N) is 1. The number of benzene rings is 1. The zero-order valence-corrected chi connectivity index (χ0v) is 14.9. The second-order valence-corrected chi connectivity index (χ2v) is 5.95. The fourth-order valence-electron chi connectivity index (χ4n) is 2.68. The number of esters is 1. The number of aromatic nitrogens is 4. The molecule has 0 aliphatic carbocycles. The van der Waals surface area contributed by atoms with E-state index in [0.717, 1.165) is 0 Å². The maximum Gasteiger partial charge on any atom is 0.307 e. The Labute approximate surface area is 150 Å². The van der Waals surface area contributed by atoms with Crippen LogP contribution < -0.4 is 5.32 Å². The van der Waals surface area contributed by atoms with E-state index in [0.29, 0.717) is 35.0 Å². The van der Waals surface area contributed by atoms with Gasteiger partial charge in [-0.2, -0.15) is 5.10 Å². The Kier molecular flexibility index (Phi) is 5.11.